The maximum Gasteiger partial charge on any atom is 0.407 e. The maximum absolute atomic E-state index is 11.7. The molecule has 0 saturated carbocycles. The van der Waals surface area contributed by atoms with E-state index in [2.05, 4.69) is 24.5 Å². The van der Waals surface area contributed by atoms with E-state index in [1.807, 2.05) is 35.2 Å². The summed E-state index contributed by atoms with van der Waals surface area (Å²) in [4.78, 5) is 25.5. The Labute approximate surface area is 204 Å². The minimum Gasteiger partial charge on any atom is -0.448 e. The van der Waals surface area contributed by atoms with Crippen molar-refractivity contribution in [1.29, 1.82) is 0 Å². The summed E-state index contributed by atoms with van der Waals surface area (Å²) >= 11 is 0. The Morgan fingerprint density at radius 3 is 1.81 bits per heavy atom. The molecule has 0 aromatic heterocycles. The smallest absolute Gasteiger partial charge is 0.407 e. The van der Waals surface area contributed by atoms with Gasteiger partial charge in [0.15, 0.2) is 0 Å². The molecule has 0 saturated heterocycles. The van der Waals surface area contributed by atoms with E-state index in [0.29, 0.717) is 32.7 Å². The molecular weight excluding hydrogens is 455 g/mol. The zero-order chi connectivity index (χ0) is 22.0. The Kier molecular flexibility index (Phi) is 21.4. The summed E-state index contributed by atoms with van der Waals surface area (Å²) in [6.07, 6.45) is 3.04. The number of hydrogen-bond donors (Lipinski definition) is 3. The van der Waals surface area contributed by atoms with Gasteiger partial charge in [-0.05, 0) is 18.4 Å². The fourth-order valence-corrected chi connectivity index (χ4v) is 2.75. The lowest BCUT2D eigenvalue weighted by atomic mass is 10.1. The highest BCUT2D eigenvalue weighted by atomic mass is 35.5. The minimum atomic E-state index is -0.415. The molecule has 1 aromatic rings. The molecule has 10 heteroatoms. The van der Waals surface area contributed by atoms with Crippen LogP contribution in [0.3, 0.4) is 0 Å². The molecule has 0 aliphatic rings. The third kappa shape index (κ3) is 16.0. The van der Waals surface area contributed by atoms with E-state index >= 15 is 0 Å². The highest BCUT2D eigenvalue weighted by Gasteiger charge is 2.14. The van der Waals surface area contributed by atoms with Crippen LogP contribution in [0.15, 0.2) is 30.3 Å². The first-order valence-electron chi connectivity index (χ1n) is 10.9. The normalized spacial score (nSPS) is 11.0. The molecule has 1 rings (SSSR count). The van der Waals surface area contributed by atoms with Crippen molar-refractivity contribution in [3.63, 3.8) is 0 Å². The quantitative estimate of drug-likeness (QED) is 0.319. The van der Waals surface area contributed by atoms with Crippen molar-refractivity contribution in [2.45, 2.75) is 45.6 Å². The van der Waals surface area contributed by atoms with Crippen LogP contribution in [0.25, 0.3) is 0 Å². The number of nitrogens with zero attached hydrogens (tertiary/aromatic N) is 1. The fraction of sp³-hybridized carbons (Fsp3) is 0.636. The van der Waals surface area contributed by atoms with Crippen molar-refractivity contribution < 1.29 is 19.1 Å². The number of alkyl carbamates (subject to hydrolysis) is 2. The standard InChI is InChI=1S/C22H38N4O4.2ClH/c1-3-5-12-24-21(27)29-16-14-26(15-17-30-22(28)25-13-6-4-2)18-20(23)19-10-8-7-9-11-19;;/h7-11,20H,3-6,12-18,23H2,1-2H3,(H,24,27)(H,25,28);2*1H. The Morgan fingerprint density at radius 1 is 0.906 bits per heavy atom. The number of amides is 2. The van der Waals surface area contributed by atoms with Gasteiger partial charge in [-0.1, -0.05) is 57.0 Å². The lowest BCUT2D eigenvalue weighted by Gasteiger charge is -2.25. The van der Waals surface area contributed by atoms with Gasteiger partial charge in [0, 0.05) is 38.8 Å². The molecule has 4 N–H and O–H groups in total. The van der Waals surface area contributed by atoms with Crippen LogP contribution in [-0.2, 0) is 9.47 Å². The molecule has 2 amide bonds. The summed E-state index contributed by atoms with van der Waals surface area (Å²) in [7, 11) is 0. The summed E-state index contributed by atoms with van der Waals surface area (Å²) < 4.78 is 10.5. The van der Waals surface area contributed by atoms with Crippen LogP contribution in [0, 0.1) is 0 Å². The zero-order valence-electron chi connectivity index (χ0n) is 19.2. The maximum atomic E-state index is 11.7. The fourth-order valence-electron chi connectivity index (χ4n) is 2.75. The van der Waals surface area contributed by atoms with Crippen molar-refractivity contribution in [2.24, 2.45) is 5.73 Å². The van der Waals surface area contributed by atoms with E-state index in [-0.39, 0.29) is 44.1 Å². The van der Waals surface area contributed by atoms with Crippen LogP contribution in [-0.4, -0.2) is 63.0 Å². The molecular formula is C22H40Cl2N4O4. The molecule has 0 fully saturated rings. The Balaban J connectivity index is 0. The SMILES string of the molecule is CCCCNC(=O)OCCN(CCOC(=O)NCCCC)CC(N)c1ccccc1.Cl.Cl. The average molecular weight is 495 g/mol. The summed E-state index contributed by atoms with van der Waals surface area (Å²) in [5, 5.41) is 5.45. The number of benzene rings is 1. The van der Waals surface area contributed by atoms with Gasteiger partial charge in [0.2, 0.25) is 0 Å². The van der Waals surface area contributed by atoms with Crippen LogP contribution in [0.5, 0.6) is 0 Å². The van der Waals surface area contributed by atoms with Gasteiger partial charge in [0.1, 0.15) is 13.2 Å². The Hall–Kier alpha value is -1.74. The Bertz CT molecular complexity index is 569. The molecule has 0 aliphatic carbocycles. The third-order valence-corrected chi connectivity index (χ3v) is 4.56. The molecule has 1 atom stereocenters. The van der Waals surface area contributed by atoms with Gasteiger partial charge in [0.25, 0.3) is 0 Å². The summed E-state index contributed by atoms with van der Waals surface area (Å²) in [5.41, 5.74) is 7.37. The topological polar surface area (TPSA) is 106 Å². The number of hydrogen-bond acceptors (Lipinski definition) is 6. The van der Waals surface area contributed by atoms with Crippen molar-refractivity contribution in [1.82, 2.24) is 15.5 Å². The Morgan fingerprint density at radius 2 is 1.38 bits per heavy atom. The monoisotopic (exact) mass is 494 g/mol. The molecule has 32 heavy (non-hydrogen) atoms. The highest BCUT2D eigenvalue weighted by Crippen LogP contribution is 2.11. The van der Waals surface area contributed by atoms with Crippen LogP contribution < -0.4 is 16.4 Å². The number of nitrogens with one attached hydrogen (secondary N) is 2. The first kappa shape index (κ1) is 32.4. The molecule has 0 bridgehead atoms. The molecule has 186 valence electrons. The molecule has 0 radical (unpaired) electrons. The van der Waals surface area contributed by atoms with Crippen LogP contribution >= 0.6 is 24.8 Å². The summed E-state index contributed by atoms with van der Waals surface area (Å²) in [6.45, 7) is 7.39. The van der Waals surface area contributed by atoms with Crippen molar-refractivity contribution in [3.8, 4) is 0 Å². The predicted molar refractivity (Wildman–Crippen MR) is 133 cm³/mol. The number of carbonyl (C=O) groups is 2. The van der Waals surface area contributed by atoms with Crippen molar-refractivity contribution in [3.05, 3.63) is 35.9 Å². The van der Waals surface area contributed by atoms with Crippen molar-refractivity contribution >= 4 is 37.0 Å². The van der Waals surface area contributed by atoms with Crippen LogP contribution in [0.4, 0.5) is 9.59 Å². The number of nitrogens with two attached hydrogens (primary N) is 1. The molecule has 0 spiro atoms. The van der Waals surface area contributed by atoms with E-state index in [0.717, 1.165) is 31.2 Å². The second kappa shape index (κ2) is 21.1. The second-order valence-electron chi connectivity index (χ2n) is 7.15. The van der Waals surface area contributed by atoms with Gasteiger partial charge < -0.3 is 25.8 Å². The van der Waals surface area contributed by atoms with Gasteiger partial charge in [-0.25, -0.2) is 9.59 Å². The van der Waals surface area contributed by atoms with Gasteiger partial charge >= 0.3 is 12.2 Å². The van der Waals surface area contributed by atoms with E-state index < -0.39 is 12.2 Å². The number of unbranched alkanes of at least 4 members (excludes halogenated alkanes) is 2. The van der Waals surface area contributed by atoms with Crippen LogP contribution in [0.1, 0.15) is 51.1 Å². The van der Waals surface area contributed by atoms with E-state index in [1.165, 1.54) is 0 Å². The van der Waals surface area contributed by atoms with Gasteiger partial charge in [-0.15, -0.1) is 24.8 Å². The number of ether oxygens (including phenoxy) is 2. The van der Waals surface area contributed by atoms with Gasteiger partial charge in [0.05, 0.1) is 0 Å². The third-order valence-electron chi connectivity index (χ3n) is 4.56. The minimum absolute atomic E-state index is 0. The molecule has 1 aromatic carbocycles. The van der Waals surface area contributed by atoms with E-state index in [1.54, 1.807) is 0 Å². The number of carbonyl (C=O) groups excluding carboxylic acids is 2. The van der Waals surface area contributed by atoms with Crippen LogP contribution in [0.2, 0.25) is 0 Å². The summed E-state index contributed by atoms with van der Waals surface area (Å²) in [6, 6.07) is 9.63. The molecule has 8 nitrogen and oxygen atoms in total. The molecule has 1 unspecified atom stereocenters. The summed E-state index contributed by atoms with van der Waals surface area (Å²) in [5.74, 6) is 0. The number of halogens is 2. The molecule has 0 heterocycles. The molecule has 0 aliphatic heterocycles. The second-order valence-corrected chi connectivity index (χ2v) is 7.15. The lowest BCUT2D eigenvalue weighted by molar-refractivity contribution is 0.104. The highest BCUT2D eigenvalue weighted by molar-refractivity contribution is 5.85. The van der Waals surface area contributed by atoms with Gasteiger partial charge in [-0.2, -0.15) is 0 Å². The average Bonchev–Trinajstić information content (AvgIpc) is 2.74. The van der Waals surface area contributed by atoms with Crippen molar-refractivity contribution in [2.75, 3.05) is 45.9 Å². The lowest BCUT2D eigenvalue weighted by Crippen LogP contribution is -2.39. The number of rotatable bonds is 15. The first-order chi connectivity index (χ1) is 14.6. The van der Waals surface area contributed by atoms with Gasteiger partial charge in [-0.3, -0.25) is 4.90 Å². The predicted octanol–water partition coefficient (Wildman–Crippen LogP) is 3.88. The van der Waals surface area contributed by atoms with E-state index in [9.17, 15) is 9.59 Å². The largest absolute Gasteiger partial charge is 0.448 e. The van der Waals surface area contributed by atoms with E-state index in [4.69, 9.17) is 15.2 Å². The first-order valence-corrected chi connectivity index (χ1v) is 10.9. The zero-order valence-corrected chi connectivity index (χ0v) is 20.8.